The van der Waals surface area contributed by atoms with Crippen LogP contribution in [0.15, 0.2) is 48.5 Å². The second-order valence-electron chi connectivity index (χ2n) is 6.13. The van der Waals surface area contributed by atoms with Gasteiger partial charge in [0.25, 0.3) is 5.91 Å². The topological polar surface area (TPSA) is 85.4 Å². The maximum atomic E-state index is 12.5. The molecule has 0 saturated carbocycles. The van der Waals surface area contributed by atoms with Gasteiger partial charge in [0.15, 0.2) is 11.5 Å². The van der Waals surface area contributed by atoms with Gasteiger partial charge in [-0.05, 0) is 43.3 Å². The molecule has 0 bridgehead atoms. The van der Waals surface area contributed by atoms with Crippen molar-refractivity contribution in [2.75, 3.05) is 23.8 Å². The molecule has 0 atom stereocenters. The predicted octanol–water partition coefficient (Wildman–Crippen LogP) is 4.21. The van der Waals surface area contributed by atoms with Crippen LogP contribution >= 0.6 is 11.6 Å². The molecule has 1 aliphatic heterocycles. The highest BCUT2D eigenvalue weighted by Crippen LogP contribution is 2.33. The summed E-state index contributed by atoms with van der Waals surface area (Å²) in [6.45, 7) is 2.78. The van der Waals surface area contributed by atoms with E-state index in [2.05, 4.69) is 20.6 Å². The fraction of sp³-hybridized carbons (Fsp3) is 0.150. The Balaban J connectivity index is 1.53. The smallest absolute Gasteiger partial charge is 0.274 e. The second kappa shape index (κ2) is 7.74. The summed E-state index contributed by atoms with van der Waals surface area (Å²) < 4.78 is 11.1. The molecule has 1 aromatic heterocycles. The lowest BCUT2D eigenvalue weighted by Crippen LogP contribution is -2.16. The number of anilines is 3. The Kier molecular flexibility index (Phi) is 4.99. The van der Waals surface area contributed by atoms with E-state index in [-0.39, 0.29) is 11.6 Å². The first kappa shape index (κ1) is 18.1. The van der Waals surface area contributed by atoms with Crippen LogP contribution in [0.5, 0.6) is 11.5 Å². The highest BCUT2D eigenvalue weighted by molar-refractivity contribution is 6.30. The highest BCUT2D eigenvalue weighted by Gasteiger charge is 2.14. The number of benzene rings is 2. The van der Waals surface area contributed by atoms with E-state index in [1.807, 2.05) is 18.2 Å². The number of carbonyl (C=O) groups excluding carboxylic acids is 1. The third-order valence-corrected chi connectivity index (χ3v) is 4.24. The molecule has 7 nitrogen and oxygen atoms in total. The fourth-order valence-electron chi connectivity index (χ4n) is 2.75. The van der Waals surface area contributed by atoms with Crippen LogP contribution in [0.25, 0.3) is 0 Å². The SMILES string of the molecule is Cc1nc(Nc2ccc3c(c2)OCCO3)cc(C(=O)Nc2ccc(Cl)cc2)n1. The van der Waals surface area contributed by atoms with Crippen molar-refractivity contribution in [2.45, 2.75) is 6.92 Å². The Bertz CT molecular complexity index is 1020. The number of rotatable bonds is 4. The molecule has 142 valence electrons. The van der Waals surface area contributed by atoms with Crippen molar-refractivity contribution < 1.29 is 14.3 Å². The molecule has 0 fully saturated rings. The van der Waals surface area contributed by atoms with E-state index in [4.69, 9.17) is 21.1 Å². The third kappa shape index (κ3) is 4.15. The number of fused-ring (bicyclic) bond motifs is 1. The Morgan fingerprint density at radius 1 is 0.964 bits per heavy atom. The van der Waals surface area contributed by atoms with Crippen molar-refractivity contribution in [1.29, 1.82) is 0 Å². The van der Waals surface area contributed by atoms with Crippen LogP contribution in [0.3, 0.4) is 0 Å². The van der Waals surface area contributed by atoms with Crippen molar-refractivity contribution in [3.8, 4) is 11.5 Å². The zero-order valence-corrected chi connectivity index (χ0v) is 15.8. The molecule has 0 radical (unpaired) electrons. The van der Waals surface area contributed by atoms with E-state index in [1.165, 1.54) is 0 Å². The molecular weight excluding hydrogens is 380 g/mol. The molecule has 1 aliphatic rings. The zero-order valence-electron chi connectivity index (χ0n) is 15.0. The summed E-state index contributed by atoms with van der Waals surface area (Å²) in [6.07, 6.45) is 0. The molecule has 2 N–H and O–H groups in total. The summed E-state index contributed by atoms with van der Waals surface area (Å²) in [4.78, 5) is 21.1. The first-order valence-corrected chi connectivity index (χ1v) is 9.04. The Morgan fingerprint density at radius 3 is 2.46 bits per heavy atom. The summed E-state index contributed by atoms with van der Waals surface area (Å²) >= 11 is 5.87. The Hall–Kier alpha value is -3.32. The molecule has 3 aromatic rings. The monoisotopic (exact) mass is 396 g/mol. The van der Waals surface area contributed by atoms with E-state index in [0.29, 0.717) is 47.1 Å². The van der Waals surface area contributed by atoms with E-state index < -0.39 is 0 Å². The third-order valence-electron chi connectivity index (χ3n) is 3.99. The van der Waals surface area contributed by atoms with Gasteiger partial charge in [-0.15, -0.1) is 0 Å². The van der Waals surface area contributed by atoms with Crippen molar-refractivity contribution in [3.63, 3.8) is 0 Å². The second-order valence-corrected chi connectivity index (χ2v) is 6.57. The quantitative estimate of drug-likeness (QED) is 0.687. The molecule has 0 unspecified atom stereocenters. The Labute approximate surface area is 166 Å². The molecular formula is C20H17ClN4O3. The maximum absolute atomic E-state index is 12.5. The molecule has 8 heteroatoms. The lowest BCUT2D eigenvalue weighted by atomic mass is 10.2. The fourth-order valence-corrected chi connectivity index (χ4v) is 2.87. The van der Waals surface area contributed by atoms with Crippen LogP contribution in [0.4, 0.5) is 17.2 Å². The van der Waals surface area contributed by atoms with Gasteiger partial charge in [0, 0.05) is 28.5 Å². The normalized spacial score (nSPS) is 12.4. The first-order chi connectivity index (χ1) is 13.6. The van der Waals surface area contributed by atoms with Crippen molar-refractivity contribution in [1.82, 2.24) is 9.97 Å². The van der Waals surface area contributed by atoms with E-state index >= 15 is 0 Å². The number of nitrogens with one attached hydrogen (secondary N) is 2. The minimum atomic E-state index is -0.335. The Morgan fingerprint density at radius 2 is 1.68 bits per heavy atom. The van der Waals surface area contributed by atoms with Gasteiger partial charge < -0.3 is 20.1 Å². The van der Waals surface area contributed by atoms with E-state index in [9.17, 15) is 4.79 Å². The largest absolute Gasteiger partial charge is 0.486 e. The van der Waals surface area contributed by atoms with Crippen LogP contribution in [0.2, 0.25) is 5.02 Å². The summed E-state index contributed by atoms with van der Waals surface area (Å²) in [5.41, 5.74) is 1.65. The van der Waals surface area contributed by atoms with Crippen LogP contribution < -0.4 is 20.1 Å². The van der Waals surface area contributed by atoms with Gasteiger partial charge in [-0.25, -0.2) is 9.97 Å². The number of amides is 1. The van der Waals surface area contributed by atoms with E-state index in [1.54, 1.807) is 37.3 Å². The van der Waals surface area contributed by atoms with Gasteiger partial charge in [-0.1, -0.05) is 11.6 Å². The lowest BCUT2D eigenvalue weighted by Gasteiger charge is -2.19. The summed E-state index contributed by atoms with van der Waals surface area (Å²) in [5, 5.41) is 6.57. The van der Waals surface area contributed by atoms with Crippen LogP contribution in [-0.2, 0) is 0 Å². The maximum Gasteiger partial charge on any atom is 0.274 e. The minimum absolute atomic E-state index is 0.252. The summed E-state index contributed by atoms with van der Waals surface area (Å²) in [7, 11) is 0. The molecule has 0 saturated heterocycles. The first-order valence-electron chi connectivity index (χ1n) is 8.66. The molecule has 28 heavy (non-hydrogen) atoms. The average molecular weight is 397 g/mol. The predicted molar refractivity (Wildman–Crippen MR) is 107 cm³/mol. The van der Waals surface area contributed by atoms with Gasteiger partial charge in [0.2, 0.25) is 0 Å². The number of aryl methyl sites for hydroxylation is 1. The summed E-state index contributed by atoms with van der Waals surface area (Å²) in [5.74, 6) is 2.02. The lowest BCUT2D eigenvalue weighted by molar-refractivity contribution is 0.102. The molecule has 1 amide bonds. The molecule has 2 aromatic carbocycles. The molecule has 2 heterocycles. The number of hydrogen-bond acceptors (Lipinski definition) is 6. The van der Waals surface area contributed by atoms with E-state index in [0.717, 1.165) is 5.69 Å². The molecule has 0 aliphatic carbocycles. The average Bonchev–Trinajstić information content (AvgIpc) is 2.69. The highest BCUT2D eigenvalue weighted by atomic mass is 35.5. The van der Waals surface area contributed by atoms with Gasteiger partial charge in [0.05, 0.1) is 0 Å². The number of halogens is 1. The summed E-state index contributed by atoms with van der Waals surface area (Å²) in [6, 6.07) is 14.0. The standard InChI is InChI=1S/C20H17ClN4O3/c1-12-22-16(20(26)25-14-4-2-13(21)3-5-14)11-19(23-12)24-15-6-7-17-18(10-15)28-9-8-27-17/h2-7,10-11H,8-9H2,1H3,(H,25,26)(H,22,23,24). The van der Waals surface area contributed by atoms with Crippen molar-refractivity contribution >= 4 is 34.7 Å². The van der Waals surface area contributed by atoms with Crippen LogP contribution in [0, 0.1) is 6.92 Å². The number of carbonyl (C=O) groups is 1. The number of nitrogens with zero attached hydrogens (tertiary/aromatic N) is 2. The van der Waals surface area contributed by atoms with Crippen LogP contribution in [0.1, 0.15) is 16.3 Å². The zero-order chi connectivity index (χ0) is 19.5. The van der Waals surface area contributed by atoms with Crippen molar-refractivity contribution in [3.05, 3.63) is 65.1 Å². The van der Waals surface area contributed by atoms with Gasteiger partial charge >= 0.3 is 0 Å². The van der Waals surface area contributed by atoms with Crippen LogP contribution in [-0.4, -0.2) is 29.1 Å². The van der Waals surface area contributed by atoms with Gasteiger partial charge in [0.1, 0.15) is 30.5 Å². The van der Waals surface area contributed by atoms with Gasteiger partial charge in [-0.3, -0.25) is 4.79 Å². The molecule has 4 rings (SSSR count). The number of aromatic nitrogens is 2. The number of hydrogen-bond donors (Lipinski definition) is 2. The van der Waals surface area contributed by atoms with Gasteiger partial charge in [-0.2, -0.15) is 0 Å². The number of ether oxygens (including phenoxy) is 2. The molecule has 0 spiro atoms. The van der Waals surface area contributed by atoms with Crippen molar-refractivity contribution in [2.24, 2.45) is 0 Å². The minimum Gasteiger partial charge on any atom is -0.486 e.